The van der Waals surface area contributed by atoms with Crippen molar-refractivity contribution in [2.45, 2.75) is 52.2 Å². The fraction of sp³-hybridized carbons (Fsp3) is 0.478. The van der Waals surface area contributed by atoms with Crippen LogP contribution in [0.3, 0.4) is 0 Å². The number of fused-ring (bicyclic) bond motifs is 1. The quantitative estimate of drug-likeness (QED) is 0.646. The molecular weight excluding hydrogens is 424 g/mol. The van der Waals surface area contributed by atoms with Gasteiger partial charge in [0.1, 0.15) is 23.2 Å². The molecule has 0 spiro atoms. The number of hydrogen-bond acceptors (Lipinski definition) is 7. The maximum atomic E-state index is 13.8. The van der Waals surface area contributed by atoms with Crippen molar-refractivity contribution in [3.05, 3.63) is 40.6 Å². The van der Waals surface area contributed by atoms with Crippen molar-refractivity contribution in [3.63, 3.8) is 0 Å². The first-order valence-electron chi connectivity index (χ1n) is 11.0. The van der Waals surface area contributed by atoms with Gasteiger partial charge in [-0.05, 0) is 52.2 Å². The number of methoxy groups -OCH3 is 1. The summed E-state index contributed by atoms with van der Waals surface area (Å²) < 4.78 is 14.1. The molecule has 10 nitrogen and oxygen atoms in total. The van der Waals surface area contributed by atoms with Crippen molar-refractivity contribution in [2.75, 3.05) is 25.9 Å². The van der Waals surface area contributed by atoms with Crippen LogP contribution in [0.15, 0.2) is 29.3 Å². The zero-order chi connectivity index (χ0) is 23.9. The second-order valence-corrected chi connectivity index (χ2v) is 9.30. The fourth-order valence-corrected chi connectivity index (χ4v) is 4.24. The number of ether oxygens (including phenoxy) is 2. The lowest BCUT2D eigenvalue weighted by Crippen LogP contribution is -2.45. The Hall–Kier alpha value is -3.56. The Balaban J connectivity index is 1.81. The number of amides is 1. The zero-order valence-electron chi connectivity index (χ0n) is 19.7. The molecule has 0 unspecified atom stereocenters. The van der Waals surface area contributed by atoms with Crippen LogP contribution < -0.4 is 16.2 Å². The molecule has 1 atom stereocenters. The molecule has 0 bridgehead atoms. The number of imidazole rings is 1. The van der Waals surface area contributed by atoms with Gasteiger partial charge in [0, 0.05) is 19.2 Å². The number of hydrogen-bond donors (Lipinski definition) is 1. The van der Waals surface area contributed by atoms with Crippen molar-refractivity contribution >= 4 is 23.1 Å². The molecule has 2 aromatic heterocycles. The predicted molar refractivity (Wildman–Crippen MR) is 125 cm³/mol. The fourth-order valence-electron chi connectivity index (χ4n) is 4.24. The normalized spacial score (nSPS) is 16.8. The maximum Gasteiger partial charge on any atom is 0.410 e. The predicted octanol–water partition coefficient (Wildman–Crippen LogP) is 3.05. The Morgan fingerprint density at radius 1 is 1.24 bits per heavy atom. The highest BCUT2D eigenvalue weighted by atomic mass is 16.6. The summed E-state index contributed by atoms with van der Waals surface area (Å²) in [6, 6.07) is 5.24. The third-order valence-electron chi connectivity index (χ3n) is 5.74. The third-order valence-corrected chi connectivity index (χ3v) is 5.74. The Kier molecular flexibility index (Phi) is 5.77. The van der Waals surface area contributed by atoms with E-state index in [1.807, 2.05) is 39.8 Å². The van der Waals surface area contributed by atoms with Crippen LogP contribution in [0.4, 0.5) is 10.6 Å². The molecule has 4 rings (SSSR count). The molecule has 33 heavy (non-hydrogen) atoms. The van der Waals surface area contributed by atoms with Gasteiger partial charge in [-0.15, -0.1) is 0 Å². The van der Waals surface area contributed by atoms with E-state index >= 15 is 0 Å². The van der Waals surface area contributed by atoms with Gasteiger partial charge < -0.3 is 20.1 Å². The van der Waals surface area contributed by atoms with Crippen LogP contribution in [0.5, 0.6) is 5.75 Å². The molecule has 3 heterocycles. The van der Waals surface area contributed by atoms with Crippen molar-refractivity contribution in [1.29, 1.82) is 0 Å². The smallest absolute Gasteiger partial charge is 0.410 e. The van der Waals surface area contributed by atoms with E-state index in [-0.39, 0.29) is 23.6 Å². The van der Waals surface area contributed by atoms with Crippen LogP contribution in [-0.2, 0) is 4.74 Å². The molecule has 1 saturated heterocycles. The van der Waals surface area contributed by atoms with Gasteiger partial charge in [0.05, 0.1) is 18.8 Å². The van der Waals surface area contributed by atoms with Gasteiger partial charge in [-0.3, -0.25) is 9.13 Å². The van der Waals surface area contributed by atoms with Crippen molar-refractivity contribution in [3.8, 4) is 11.4 Å². The molecule has 10 heteroatoms. The Morgan fingerprint density at radius 2 is 2.00 bits per heavy atom. The molecule has 1 amide bonds. The number of nitrogen functional groups attached to an aromatic ring is 1. The summed E-state index contributed by atoms with van der Waals surface area (Å²) in [6.07, 6.45) is 2.42. The molecule has 1 fully saturated rings. The molecular formula is C23H30N6O4. The molecule has 1 aliphatic heterocycles. The number of carbonyl (C=O) groups is 1. The van der Waals surface area contributed by atoms with E-state index in [1.165, 1.54) is 10.9 Å². The number of nitrogens with zero attached hydrogens (tertiary/aromatic N) is 5. The molecule has 0 aliphatic carbocycles. The average Bonchev–Trinajstić information content (AvgIpc) is 3.06. The summed E-state index contributed by atoms with van der Waals surface area (Å²) in [4.78, 5) is 36.6. The summed E-state index contributed by atoms with van der Waals surface area (Å²) in [5, 5.41) is 0. The SMILES string of the molecule is COc1cc(-n2c(=O)n([C@@H]3CCCN(C(=O)OC(C)(C)C)C3)c3ncnc(N)c32)ccc1C. The van der Waals surface area contributed by atoms with Crippen molar-refractivity contribution < 1.29 is 14.3 Å². The lowest BCUT2D eigenvalue weighted by atomic mass is 10.1. The number of piperidine rings is 1. The van der Waals surface area contributed by atoms with Crippen molar-refractivity contribution in [2.24, 2.45) is 0 Å². The van der Waals surface area contributed by atoms with Crippen molar-refractivity contribution in [1.82, 2.24) is 24.0 Å². The van der Waals surface area contributed by atoms with Gasteiger partial charge in [-0.25, -0.2) is 19.6 Å². The molecule has 2 N–H and O–H groups in total. The number of nitrogens with two attached hydrogens (primary N) is 1. The summed E-state index contributed by atoms with van der Waals surface area (Å²) in [5.41, 5.74) is 7.74. The van der Waals surface area contributed by atoms with E-state index in [1.54, 1.807) is 22.6 Å². The minimum absolute atomic E-state index is 0.204. The van der Waals surface area contributed by atoms with Gasteiger partial charge in [0.15, 0.2) is 11.5 Å². The van der Waals surface area contributed by atoms with Gasteiger partial charge in [0.25, 0.3) is 0 Å². The lowest BCUT2D eigenvalue weighted by molar-refractivity contribution is 0.0172. The zero-order valence-corrected chi connectivity index (χ0v) is 19.7. The van der Waals surface area contributed by atoms with E-state index in [9.17, 15) is 9.59 Å². The first-order chi connectivity index (χ1) is 15.6. The van der Waals surface area contributed by atoms with Crippen LogP contribution in [0.25, 0.3) is 16.9 Å². The number of carbonyl (C=O) groups excluding carboxylic acids is 1. The standard InChI is InChI=1S/C23H30N6O4/c1-14-8-9-15(11-17(14)32-5)28-18-19(24)25-13-26-20(18)29(21(28)30)16-7-6-10-27(12-16)22(31)33-23(2,3)4/h8-9,11,13,16H,6-7,10,12H2,1-5H3,(H2,24,25,26)/t16-/m1/s1. The Morgan fingerprint density at radius 3 is 2.70 bits per heavy atom. The number of benzene rings is 1. The molecule has 176 valence electrons. The molecule has 0 radical (unpaired) electrons. The maximum absolute atomic E-state index is 13.8. The first-order valence-corrected chi connectivity index (χ1v) is 11.0. The van der Waals surface area contributed by atoms with Gasteiger partial charge in [-0.1, -0.05) is 6.07 Å². The number of anilines is 1. The van der Waals surface area contributed by atoms with Crippen LogP contribution in [-0.4, -0.2) is 55.9 Å². The topological polar surface area (TPSA) is 118 Å². The second-order valence-electron chi connectivity index (χ2n) is 9.30. The molecule has 1 aliphatic rings. The minimum atomic E-state index is -0.594. The second kappa shape index (κ2) is 8.42. The summed E-state index contributed by atoms with van der Waals surface area (Å²) in [6.45, 7) is 8.35. The van der Waals surface area contributed by atoms with Crippen LogP contribution >= 0.6 is 0 Å². The van der Waals surface area contributed by atoms with Crippen LogP contribution in [0.2, 0.25) is 0 Å². The van der Waals surface area contributed by atoms with Gasteiger partial charge in [-0.2, -0.15) is 0 Å². The van der Waals surface area contributed by atoms with E-state index in [0.717, 1.165) is 18.4 Å². The third kappa shape index (κ3) is 4.24. The largest absolute Gasteiger partial charge is 0.496 e. The average molecular weight is 455 g/mol. The number of aryl methyl sites for hydroxylation is 1. The Labute approximate surface area is 191 Å². The van der Waals surface area contributed by atoms with Gasteiger partial charge in [0.2, 0.25) is 0 Å². The highest BCUT2D eigenvalue weighted by Crippen LogP contribution is 2.29. The number of likely N-dealkylation sites (tertiary alicyclic amines) is 1. The Bertz CT molecular complexity index is 1260. The first kappa shape index (κ1) is 22.6. The monoisotopic (exact) mass is 454 g/mol. The van der Waals surface area contributed by atoms with Crippen LogP contribution in [0.1, 0.15) is 45.2 Å². The highest BCUT2D eigenvalue weighted by molar-refractivity contribution is 5.84. The van der Waals surface area contributed by atoms with E-state index in [4.69, 9.17) is 15.2 Å². The van der Waals surface area contributed by atoms with E-state index < -0.39 is 5.60 Å². The molecule has 0 saturated carbocycles. The lowest BCUT2D eigenvalue weighted by Gasteiger charge is -2.34. The van der Waals surface area contributed by atoms with E-state index in [2.05, 4.69) is 9.97 Å². The molecule has 1 aromatic carbocycles. The summed E-state index contributed by atoms with van der Waals surface area (Å²) >= 11 is 0. The summed E-state index contributed by atoms with van der Waals surface area (Å²) in [7, 11) is 1.59. The van der Waals surface area contributed by atoms with Gasteiger partial charge >= 0.3 is 11.8 Å². The highest BCUT2D eigenvalue weighted by Gasteiger charge is 2.32. The summed E-state index contributed by atoms with van der Waals surface area (Å²) in [5.74, 6) is 0.861. The van der Waals surface area contributed by atoms with E-state index in [0.29, 0.717) is 35.7 Å². The minimum Gasteiger partial charge on any atom is -0.496 e. The number of rotatable bonds is 3. The number of aromatic nitrogens is 4. The van der Waals surface area contributed by atoms with Crippen LogP contribution in [0, 0.1) is 6.92 Å². The molecule has 3 aromatic rings.